The van der Waals surface area contributed by atoms with Crippen LogP contribution in [-0.2, 0) is 21.2 Å². The van der Waals surface area contributed by atoms with Crippen LogP contribution in [0, 0.1) is 0 Å². The Bertz CT molecular complexity index is 1230. The highest BCUT2D eigenvalue weighted by molar-refractivity contribution is 7.93. The van der Waals surface area contributed by atoms with Gasteiger partial charge in [-0.05, 0) is 49.8 Å². The Kier molecular flexibility index (Phi) is 9.45. The number of unbranched alkanes of at least 4 members (excludes halogenated alkanes) is 1. The molecule has 204 valence electrons. The van der Waals surface area contributed by atoms with Gasteiger partial charge in [0.1, 0.15) is 5.69 Å². The summed E-state index contributed by atoms with van der Waals surface area (Å²) in [6.07, 6.45) is 4.68. The van der Waals surface area contributed by atoms with Gasteiger partial charge in [0, 0.05) is 18.3 Å². The molecule has 1 unspecified atom stereocenters. The zero-order chi connectivity index (χ0) is 27.2. The molecule has 0 saturated heterocycles. The number of fused-ring (bicyclic) bond motifs is 1. The van der Waals surface area contributed by atoms with Crippen molar-refractivity contribution >= 4 is 49.5 Å². The molecule has 0 bridgehead atoms. The number of hydrogen-bond acceptors (Lipinski definition) is 10. The summed E-state index contributed by atoms with van der Waals surface area (Å²) in [5.74, 6) is -0.665. The predicted octanol–water partition coefficient (Wildman–Crippen LogP) is 6.11. The summed E-state index contributed by atoms with van der Waals surface area (Å²) in [5, 5.41) is 15.3. The van der Waals surface area contributed by atoms with Crippen molar-refractivity contribution in [1.82, 2.24) is 10.2 Å². The number of nitrogens with one attached hydrogen (secondary N) is 1. The van der Waals surface area contributed by atoms with Gasteiger partial charge >= 0.3 is 21.5 Å². The average molecular weight is 563 g/mol. The number of halogens is 3. The number of aryl methyl sites for hydroxylation is 1. The van der Waals surface area contributed by atoms with Crippen molar-refractivity contribution in [2.75, 3.05) is 22.8 Å². The first kappa shape index (κ1) is 28.8. The van der Waals surface area contributed by atoms with Crippen molar-refractivity contribution in [1.29, 1.82) is 0 Å². The van der Waals surface area contributed by atoms with E-state index in [0.717, 1.165) is 42.6 Å². The number of anilines is 2. The van der Waals surface area contributed by atoms with E-state index in [-0.39, 0.29) is 34.2 Å². The number of benzene rings is 1. The Morgan fingerprint density at radius 2 is 1.97 bits per heavy atom. The number of ether oxygens (including phenoxy) is 1. The molecular weight excluding hydrogens is 533 g/mol. The molecule has 0 saturated carbocycles. The van der Waals surface area contributed by atoms with Gasteiger partial charge in [0.2, 0.25) is 5.01 Å². The molecular formula is C22H29F3N6O4S2. The van der Waals surface area contributed by atoms with Gasteiger partial charge in [-0.2, -0.15) is 21.6 Å². The van der Waals surface area contributed by atoms with Gasteiger partial charge in [0.05, 0.1) is 12.3 Å². The fourth-order valence-electron chi connectivity index (χ4n) is 3.90. The fourth-order valence-corrected chi connectivity index (χ4v) is 5.03. The maximum absolute atomic E-state index is 13.2. The van der Waals surface area contributed by atoms with Gasteiger partial charge in [-0.1, -0.05) is 38.5 Å². The maximum Gasteiger partial charge on any atom is 0.516 e. The first-order valence-corrected chi connectivity index (χ1v) is 14.3. The Balaban J connectivity index is 1.98. The van der Waals surface area contributed by atoms with Crippen LogP contribution in [0.4, 0.5) is 35.4 Å². The Labute approximate surface area is 217 Å². The third kappa shape index (κ3) is 6.94. The molecule has 1 aliphatic rings. The first-order valence-electron chi connectivity index (χ1n) is 12.0. The molecule has 3 rings (SSSR count). The molecule has 2 aromatic rings. The van der Waals surface area contributed by atoms with Crippen LogP contribution in [0.25, 0.3) is 0 Å². The van der Waals surface area contributed by atoms with E-state index in [2.05, 4.69) is 25.3 Å². The normalized spacial score (nSPS) is 16.2. The molecule has 15 heteroatoms. The lowest BCUT2D eigenvalue weighted by Crippen LogP contribution is -2.39. The van der Waals surface area contributed by atoms with Crippen LogP contribution in [0.2, 0.25) is 0 Å². The molecule has 1 N–H and O–H groups in total. The number of rotatable bonds is 11. The van der Waals surface area contributed by atoms with Crippen molar-refractivity contribution in [2.45, 2.75) is 70.8 Å². The van der Waals surface area contributed by atoms with Crippen LogP contribution >= 0.6 is 11.3 Å². The van der Waals surface area contributed by atoms with Gasteiger partial charge < -0.3 is 9.64 Å². The van der Waals surface area contributed by atoms with E-state index in [1.54, 1.807) is 4.72 Å². The first-order chi connectivity index (χ1) is 17.5. The second kappa shape index (κ2) is 12.2. The van der Waals surface area contributed by atoms with E-state index in [1.807, 2.05) is 20.8 Å². The number of sulfonamides is 1. The van der Waals surface area contributed by atoms with Crippen LogP contribution in [-0.4, -0.2) is 49.3 Å². The van der Waals surface area contributed by atoms with Crippen LogP contribution in [0.5, 0.6) is 0 Å². The molecule has 0 aliphatic carbocycles. The highest BCUT2D eigenvalue weighted by atomic mass is 32.2. The lowest BCUT2D eigenvalue weighted by atomic mass is 9.93. The number of hydrogen-bond donors (Lipinski definition) is 1. The van der Waals surface area contributed by atoms with Gasteiger partial charge in [-0.15, -0.1) is 20.4 Å². The third-order valence-electron chi connectivity index (χ3n) is 5.74. The number of alkyl halides is 3. The van der Waals surface area contributed by atoms with E-state index < -0.39 is 21.5 Å². The van der Waals surface area contributed by atoms with Gasteiger partial charge in [0.25, 0.3) is 5.13 Å². The van der Waals surface area contributed by atoms with Crippen LogP contribution in [0.15, 0.2) is 22.4 Å². The number of carbonyl (C=O) groups excluding carboxylic acids is 1. The van der Waals surface area contributed by atoms with Crippen molar-refractivity contribution in [3.8, 4) is 0 Å². The molecule has 2 heterocycles. The van der Waals surface area contributed by atoms with Crippen molar-refractivity contribution < 1.29 is 31.1 Å². The van der Waals surface area contributed by atoms with E-state index in [9.17, 15) is 26.4 Å². The standard InChI is InChI=1S/C22H29F3N6O4S2/c1-4-7-11-35-20(32)19-27-29-21(36-19)28-26-16-12-14-8-9-15(6-3)31(10-5-2)18(14)13-17(16)30-37(33,34)22(23,24)25/h12-13,15,30H,4-11H2,1-3H3. The maximum atomic E-state index is 13.2. The predicted molar refractivity (Wildman–Crippen MR) is 134 cm³/mol. The average Bonchev–Trinajstić information content (AvgIpc) is 3.31. The highest BCUT2D eigenvalue weighted by Gasteiger charge is 2.46. The van der Waals surface area contributed by atoms with Gasteiger partial charge in [-0.3, -0.25) is 4.72 Å². The zero-order valence-electron chi connectivity index (χ0n) is 20.7. The number of carbonyl (C=O) groups is 1. The molecule has 1 aromatic carbocycles. The monoisotopic (exact) mass is 562 g/mol. The molecule has 0 amide bonds. The molecule has 37 heavy (non-hydrogen) atoms. The summed E-state index contributed by atoms with van der Waals surface area (Å²) in [7, 11) is -5.71. The number of azo groups is 1. The number of nitrogens with zero attached hydrogens (tertiary/aromatic N) is 5. The summed E-state index contributed by atoms with van der Waals surface area (Å²) >= 11 is 0.796. The number of esters is 1. The largest absolute Gasteiger partial charge is 0.516 e. The lowest BCUT2D eigenvalue weighted by molar-refractivity contribution is -0.0429. The molecule has 1 atom stereocenters. The van der Waals surface area contributed by atoms with Crippen LogP contribution in [0.1, 0.15) is 68.2 Å². The van der Waals surface area contributed by atoms with E-state index in [0.29, 0.717) is 25.1 Å². The molecule has 10 nitrogen and oxygen atoms in total. The molecule has 0 radical (unpaired) electrons. The number of aromatic nitrogens is 2. The Hall–Kier alpha value is -2.81. The Morgan fingerprint density at radius 3 is 2.62 bits per heavy atom. The van der Waals surface area contributed by atoms with E-state index in [4.69, 9.17) is 4.74 Å². The van der Waals surface area contributed by atoms with E-state index in [1.165, 1.54) is 12.1 Å². The highest BCUT2D eigenvalue weighted by Crippen LogP contribution is 2.41. The minimum absolute atomic E-state index is 0.0385. The summed E-state index contributed by atoms with van der Waals surface area (Å²) in [4.78, 5) is 14.1. The quantitative estimate of drug-likeness (QED) is 0.199. The fraction of sp³-hybridized carbons (Fsp3) is 0.591. The second-order valence-corrected chi connectivity index (χ2v) is 11.1. The SMILES string of the molecule is CCCCOC(=O)c1nnc(N=Nc2cc3c(cc2NS(=O)(=O)C(F)(F)F)N(CCC)C(CC)CC3)s1. The summed E-state index contributed by atoms with van der Waals surface area (Å²) in [5.41, 5.74) is -4.51. The molecule has 0 spiro atoms. The van der Waals surface area contributed by atoms with Crippen LogP contribution < -0.4 is 9.62 Å². The van der Waals surface area contributed by atoms with Gasteiger partial charge in [-0.25, -0.2) is 4.79 Å². The third-order valence-corrected chi connectivity index (χ3v) is 7.63. The van der Waals surface area contributed by atoms with E-state index >= 15 is 0 Å². The van der Waals surface area contributed by atoms with Gasteiger partial charge in [0.15, 0.2) is 0 Å². The topological polar surface area (TPSA) is 126 Å². The van der Waals surface area contributed by atoms with Crippen molar-refractivity contribution in [3.63, 3.8) is 0 Å². The lowest BCUT2D eigenvalue weighted by Gasteiger charge is -2.39. The Morgan fingerprint density at radius 1 is 1.22 bits per heavy atom. The zero-order valence-corrected chi connectivity index (χ0v) is 22.3. The minimum Gasteiger partial charge on any atom is -0.460 e. The van der Waals surface area contributed by atoms with Crippen molar-refractivity contribution in [3.05, 3.63) is 22.7 Å². The molecule has 0 fully saturated rings. The van der Waals surface area contributed by atoms with Crippen molar-refractivity contribution in [2.24, 2.45) is 10.2 Å². The summed E-state index contributed by atoms with van der Waals surface area (Å²) in [6, 6.07) is 3.09. The van der Waals surface area contributed by atoms with Crippen LogP contribution in [0.3, 0.4) is 0 Å². The smallest absolute Gasteiger partial charge is 0.460 e. The summed E-state index contributed by atoms with van der Waals surface area (Å²) in [6.45, 7) is 6.87. The second-order valence-electron chi connectivity index (χ2n) is 8.42. The minimum atomic E-state index is -5.71. The molecule has 1 aromatic heterocycles. The molecule has 1 aliphatic heterocycles. The summed E-state index contributed by atoms with van der Waals surface area (Å²) < 4.78 is 70.1.